The lowest BCUT2D eigenvalue weighted by Gasteiger charge is -2.17. The Morgan fingerprint density at radius 2 is 0.976 bits per heavy atom. The van der Waals surface area contributed by atoms with Crippen LogP contribution in [0.5, 0.6) is 23.0 Å². The first-order valence-electron chi connectivity index (χ1n) is 13.8. The molecule has 0 aliphatic heterocycles. The van der Waals surface area contributed by atoms with Gasteiger partial charge in [0, 0.05) is 30.4 Å². The standard InChI is InChI=1S/C17H21NO4.C15H17NO3/c1-4-20-14-11-13(17(19)22-6-3)12-15(21-5-2)16(14)18-9-7-8-10-18;1-3-18-13-9-12(11-17)10-14(19-4-2)15(13)16-7-5-6-8-16/h7-12H,4-6H2,1-3H3;5-11H,3-4H2,1-2H3. The highest BCUT2D eigenvalue weighted by Gasteiger charge is 2.19. The number of carbonyl (C=O) groups is 2. The molecule has 0 amide bonds. The Bertz CT molecular complexity index is 1330. The summed E-state index contributed by atoms with van der Waals surface area (Å²) in [5.74, 6) is 2.09. The van der Waals surface area contributed by atoms with Gasteiger partial charge in [0.05, 0.1) is 38.6 Å². The third-order valence-corrected chi connectivity index (χ3v) is 5.67. The van der Waals surface area contributed by atoms with Crippen molar-refractivity contribution in [2.45, 2.75) is 34.6 Å². The number of esters is 1. The molecule has 0 aliphatic rings. The lowest BCUT2D eigenvalue weighted by Crippen LogP contribution is -2.09. The molecule has 0 saturated carbocycles. The maximum atomic E-state index is 12.0. The number of aldehydes is 1. The second-order valence-electron chi connectivity index (χ2n) is 8.44. The van der Waals surface area contributed by atoms with Crippen molar-refractivity contribution < 1.29 is 33.3 Å². The predicted molar refractivity (Wildman–Crippen MR) is 158 cm³/mol. The molecule has 0 unspecified atom stereocenters. The molecule has 0 aliphatic carbocycles. The molecule has 0 radical (unpaired) electrons. The van der Waals surface area contributed by atoms with Gasteiger partial charge in [0.25, 0.3) is 0 Å². The number of hydrogen-bond donors (Lipinski definition) is 0. The fourth-order valence-corrected chi connectivity index (χ4v) is 4.12. The van der Waals surface area contributed by atoms with Crippen molar-refractivity contribution in [3.63, 3.8) is 0 Å². The minimum absolute atomic E-state index is 0.326. The van der Waals surface area contributed by atoms with Gasteiger partial charge >= 0.3 is 5.97 Å². The van der Waals surface area contributed by atoms with Crippen molar-refractivity contribution in [2.75, 3.05) is 33.0 Å². The van der Waals surface area contributed by atoms with Crippen molar-refractivity contribution in [3.8, 4) is 34.4 Å². The highest BCUT2D eigenvalue weighted by molar-refractivity contribution is 5.91. The Morgan fingerprint density at radius 3 is 1.29 bits per heavy atom. The van der Waals surface area contributed by atoms with Crippen LogP contribution in [0.3, 0.4) is 0 Å². The summed E-state index contributed by atoms with van der Waals surface area (Å²) in [5.41, 5.74) is 2.56. The molecule has 9 heteroatoms. The van der Waals surface area contributed by atoms with Crippen molar-refractivity contribution in [2.24, 2.45) is 0 Å². The zero-order valence-electron chi connectivity index (χ0n) is 24.3. The van der Waals surface area contributed by atoms with Crippen molar-refractivity contribution in [1.82, 2.24) is 9.13 Å². The summed E-state index contributed by atoms with van der Waals surface area (Å²) in [6.07, 6.45) is 8.45. The minimum atomic E-state index is -0.386. The lowest BCUT2D eigenvalue weighted by molar-refractivity contribution is 0.0525. The van der Waals surface area contributed by atoms with E-state index in [0.717, 1.165) is 17.7 Å². The average molecular weight is 563 g/mol. The van der Waals surface area contributed by atoms with Crippen LogP contribution in [0, 0.1) is 0 Å². The first-order valence-corrected chi connectivity index (χ1v) is 13.8. The van der Waals surface area contributed by atoms with Gasteiger partial charge < -0.3 is 32.8 Å². The van der Waals surface area contributed by atoms with Crippen LogP contribution in [0.25, 0.3) is 11.4 Å². The summed E-state index contributed by atoms with van der Waals surface area (Å²) in [6, 6.07) is 14.6. The molecular formula is C32H38N2O7. The van der Waals surface area contributed by atoms with Crippen LogP contribution < -0.4 is 18.9 Å². The zero-order chi connectivity index (χ0) is 29.6. The number of rotatable bonds is 13. The molecule has 0 saturated heterocycles. The van der Waals surface area contributed by atoms with E-state index in [9.17, 15) is 9.59 Å². The first-order chi connectivity index (χ1) is 20.0. The largest absolute Gasteiger partial charge is 0.492 e. The van der Waals surface area contributed by atoms with E-state index in [0.29, 0.717) is 67.2 Å². The van der Waals surface area contributed by atoms with Gasteiger partial charge in [-0.3, -0.25) is 4.79 Å². The molecule has 4 aromatic rings. The number of nitrogens with zero attached hydrogens (tertiary/aromatic N) is 2. The van der Waals surface area contributed by atoms with Gasteiger partial charge in [0.2, 0.25) is 0 Å². The van der Waals surface area contributed by atoms with Crippen LogP contribution in [0.2, 0.25) is 0 Å². The molecule has 0 spiro atoms. The average Bonchev–Trinajstić information content (AvgIpc) is 3.69. The van der Waals surface area contributed by atoms with Gasteiger partial charge in [-0.1, -0.05) is 0 Å². The maximum Gasteiger partial charge on any atom is 0.338 e. The SMILES string of the molecule is CCOC(=O)c1cc(OCC)c(-n2cccc2)c(OCC)c1.CCOc1cc(C=O)cc(OCC)c1-n1cccc1. The van der Waals surface area contributed by atoms with Gasteiger partial charge in [-0.25, -0.2) is 4.79 Å². The van der Waals surface area contributed by atoms with Crippen LogP contribution in [0.1, 0.15) is 55.3 Å². The van der Waals surface area contributed by atoms with E-state index in [4.69, 9.17) is 23.7 Å². The zero-order valence-corrected chi connectivity index (χ0v) is 24.3. The molecular weight excluding hydrogens is 524 g/mol. The van der Waals surface area contributed by atoms with E-state index in [1.165, 1.54) is 0 Å². The fraction of sp³-hybridized carbons (Fsp3) is 0.312. The molecule has 0 atom stereocenters. The fourth-order valence-electron chi connectivity index (χ4n) is 4.12. The molecule has 9 nitrogen and oxygen atoms in total. The second-order valence-corrected chi connectivity index (χ2v) is 8.44. The molecule has 218 valence electrons. The van der Waals surface area contributed by atoms with Gasteiger partial charge in [-0.15, -0.1) is 0 Å². The molecule has 4 rings (SSSR count). The highest BCUT2D eigenvalue weighted by atomic mass is 16.5. The van der Waals surface area contributed by atoms with Gasteiger partial charge in [0.1, 0.15) is 40.7 Å². The summed E-state index contributed by atoms with van der Waals surface area (Å²) in [7, 11) is 0. The first kappa shape index (κ1) is 30.9. The van der Waals surface area contributed by atoms with Crippen LogP contribution >= 0.6 is 0 Å². The van der Waals surface area contributed by atoms with E-state index >= 15 is 0 Å². The van der Waals surface area contributed by atoms with Crippen LogP contribution in [-0.2, 0) is 4.74 Å². The van der Waals surface area contributed by atoms with Gasteiger partial charge in [-0.2, -0.15) is 0 Å². The summed E-state index contributed by atoms with van der Waals surface area (Å²) in [6.45, 7) is 11.8. The van der Waals surface area contributed by atoms with Crippen molar-refractivity contribution in [3.05, 3.63) is 84.4 Å². The third-order valence-electron chi connectivity index (χ3n) is 5.67. The normalized spacial score (nSPS) is 10.3. The Balaban J connectivity index is 0.000000228. The van der Waals surface area contributed by atoms with E-state index in [-0.39, 0.29) is 5.97 Å². The van der Waals surface area contributed by atoms with Gasteiger partial charge in [-0.05, 0) is 83.1 Å². The molecule has 0 N–H and O–H groups in total. The molecule has 0 bridgehead atoms. The van der Waals surface area contributed by atoms with E-state index in [1.807, 2.05) is 85.9 Å². The van der Waals surface area contributed by atoms with Crippen molar-refractivity contribution in [1.29, 1.82) is 0 Å². The quantitative estimate of drug-likeness (QED) is 0.135. The molecule has 41 heavy (non-hydrogen) atoms. The second kappa shape index (κ2) is 15.8. The van der Waals surface area contributed by atoms with E-state index < -0.39 is 0 Å². The Morgan fingerprint density at radius 1 is 0.610 bits per heavy atom. The minimum Gasteiger partial charge on any atom is -0.492 e. The van der Waals surface area contributed by atoms with Crippen molar-refractivity contribution >= 4 is 12.3 Å². The Hall–Kier alpha value is -4.66. The topological polar surface area (TPSA) is 90.2 Å². The summed E-state index contributed by atoms with van der Waals surface area (Å²) < 4.78 is 31.6. The number of aromatic nitrogens is 2. The number of ether oxygens (including phenoxy) is 5. The summed E-state index contributed by atoms with van der Waals surface area (Å²) in [4.78, 5) is 23.0. The Labute approximate surface area is 241 Å². The molecule has 0 fully saturated rings. The summed E-state index contributed by atoms with van der Waals surface area (Å²) in [5, 5.41) is 0. The molecule has 2 aromatic heterocycles. The maximum absolute atomic E-state index is 12.0. The van der Waals surface area contributed by atoms with E-state index in [1.54, 1.807) is 31.2 Å². The monoisotopic (exact) mass is 562 g/mol. The lowest BCUT2D eigenvalue weighted by atomic mass is 10.1. The molecule has 2 heterocycles. The predicted octanol–water partition coefficient (Wildman–Crippen LogP) is 6.54. The van der Waals surface area contributed by atoms with Crippen LogP contribution in [0.4, 0.5) is 0 Å². The Kier molecular flexibility index (Phi) is 11.9. The third kappa shape index (κ3) is 7.94. The smallest absolute Gasteiger partial charge is 0.338 e. The summed E-state index contributed by atoms with van der Waals surface area (Å²) >= 11 is 0. The molecule has 2 aromatic carbocycles. The van der Waals surface area contributed by atoms with Gasteiger partial charge in [0.15, 0.2) is 0 Å². The number of benzene rings is 2. The highest BCUT2D eigenvalue weighted by Crippen LogP contribution is 2.36. The van der Waals surface area contributed by atoms with Crippen LogP contribution in [0.15, 0.2) is 73.3 Å². The van der Waals surface area contributed by atoms with E-state index in [2.05, 4.69) is 0 Å². The van der Waals surface area contributed by atoms with Crippen LogP contribution in [-0.4, -0.2) is 54.4 Å². The number of carbonyl (C=O) groups excluding carboxylic acids is 2. The number of hydrogen-bond acceptors (Lipinski definition) is 7.